The number of halogens is 1. The van der Waals surface area contributed by atoms with E-state index >= 15 is 0 Å². The number of thioether (sulfide) groups is 1. The van der Waals surface area contributed by atoms with Crippen LogP contribution in [0.5, 0.6) is 17.4 Å². The number of aromatic amines is 1. The summed E-state index contributed by atoms with van der Waals surface area (Å²) >= 11 is 7.43. The van der Waals surface area contributed by atoms with E-state index in [0.717, 1.165) is 11.1 Å². The minimum Gasteiger partial charge on any atom is -0.493 e. The average molecular weight is 419 g/mol. The van der Waals surface area contributed by atoms with Crippen molar-refractivity contribution in [2.24, 2.45) is 0 Å². The number of benzene rings is 2. The first kappa shape index (κ1) is 20.1. The van der Waals surface area contributed by atoms with E-state index in [1.54, 1.807) is 38.5 Å². The summed E-state index contributed by atoms with van der Waals surface area (Å²) in [6.45, 7) is 0. The second-order valence-electron chi connectivity index (χ2n) is 5.92. The van der Waals surface area contributed by atoms with Crippen LogP contribution in [0.3, 0.4) is 0 Å². The fraction of sp³-hybridized carbons (Fsp3) is 0.200. The van der Waals surface area contributed by atoms with Crippen LogP contribution in [0.1, 0.15) is 16.7 Å². The molecule has 0 saturated heterocycles. The summed E-state index contributed by atoms with van der Waals surface area (Å²) in [5.74, 6) is 1.38. The van der Waals surface area contributed by atoms with Crippen molar-refractivity contribution in [2.75, 3.05) is 14.2 Å². The maximum Gasteiger partial charge on any atom is 0.258 e. The molecular weight excluding hydrogens is 400 g/mol. The van der Waals surface area contributed by atoms with Gasteiger partial charge in [-0.05, 0) is 29.3 Å². The first-order valence-corrected chi connectivity index (χ1v) is 9.77. The van der Waals surface area contributed by atoms with E-state index < -0.39 is 0 Å². The van der Waals surface area contributed by atoms with Crippen LogP contribution in [-0.4, -0.2) is 29.3 Å². The van der Waals surface area contributed by atoms with Gasteiger partial charge in [-0.2, -0.15) is 4.98 Å². The van der Waals surface area contributed by atoms with Crippen LogP contribution in [0.15, 0.2) is 52.4 Å². The molecule has 0 spiro atoms. The van der Waals surface area contributed by atoms with Crippen molar-refractivity contribution in [3.63, 3.8) is 0 Å². The van der Waals surface area contributed by atoms with Gasteiger partial charge in [0.25, 0.3) is 5.56 Å². The normalized spacial score (nSPS) is 10.7. The van der Waals surface area contributed by atoms with Crippen LogP contribution in [0.2, 0.25) is 5.02 Å². The van der Waals surface area contributed by atoms with E-state index in [9.17, 15) is 9.90 Å². The highest BCUT2D eigenvalue weighted by Crippen LogP contribution is 2.29. The van der Waals surface area contributed by atoms with Crippen LogP contribution >= 0.6 is 23.4 Å². The Labute approximate surface area is 171 Å². The van der Waals surface area contributed by atoms with Crippen molar-refractivity contribution in [2.45, 2.75) is 17.3 Å². The third-order valence-electron chi connectivity index (χ3n) is 4.12. The third-order valence-corrected chi connectivity index (χ3v) is 5.41. The van der Waals surface area contributed by atoms with E-state index in [1.807, 2.05) is 18.2 Å². The molecule has 0 aliphatic rings. The standard InChI is InChI=1S/C20H19ClN2O4S/c1-26-16-8-7-12(10-17(16)27-2)9-14-18(24)22-20(23-19(14)25)28-11-13-5-3-4-6-15(13)21/h3-8,10H,9,11H2,1-2H3,(H2,22,23,24,25). The molecule has 0 amide bonds. The average Bonchev–Trinajstić information content (AvgIpc) is 2.70. The zero-order valence-corrected chi connectivity index (χ0v) is 16.9. The molecule has 6 nitrogen and oxygen atoms in total. The predicted octanol–water partition coefficient (Wildman–Crippen LogP) is 4.03. The summed E-state index contributed by atoms with van der Waals surface area (Å²) < 4.78 is 10.5. The number of aromatic nitrogens is 2. The van der Waals surface area contributed by atoms with Crippen molar-refractivity contribution in [3.8, 4) is 17.4 Å². The number of ether oxygens (including phenoxy) is 2. The van der Waals surface area contributed by atoms with Crippen molar-refractivity contribution >= 4 is 23.4 Å². The minimum absolute atomic E-state index is 0.189. The van der Waals surface area contributed by atoms with Gasteiger partial charge >= 0.3 is 0 Å². The molecule has 0 fully saturated rings. The zero-order chi connectivity index (χ0) is 20.1. The molecule has 3 aromatic rings. The van der Waals surface area contributed by atoms with Crippen molar-refractivity contribution in [1.82, 2.24) is 9.97 Å². The number of aromatic hydroxyl groups is 1. The smallest absolute Gasteiger partial charge is 0.258 e. The molecule has 0 saturated carbocycles. The van der Waals surface area contributed by atoms with E-state index in [4.69, 9.17) is 21.1 Å². The lowest BCUT2D eigenvalue weighted by Crippen LogP contribution is -2.15. The number of nitrogens with one attached hydrogen (secondary N) is 1. The van der Waals surface area contributed by atoms with Gasteiger partial charge in [0.2, 0.25) is 5.88 Å². The molecule has 0 radical (unpaired) electrons. The first-order chi connectivity index (χ1) is 13.5. The molecule has 146 valence electrons. The van der Waals surface area contributed by atoms with Gasteiger partial charge in [0.05, 0.1) is 19.8 Å². The fourth-order valence-electron chi connectivity index (χ4n) is 2.65. The van der Waals surface area contributed by atoms with Crippen molar-refractivity contribution < 1.29 is 14.6 Å². The maximum atomic E-state index is 12.5. The zero-order valence-electron chi connectivity index (χ0n) is 15.4. The number of hydrogen-bond acceptors (Lipinski definition) is 6. The van der Waals surface area contributed by atoms with Gasteiger partial charge < -0.3 is 19.6 Å². The van der Waals surface area contributed by atoms with Crippen molar-refractivity contribution in [1.29, 1.82) is 0 Å². The molecule has 0 unspecified atom stereocenters. The molecule has 2 N–H and O–H groups in total. The molecule has 28 heavy (non-hydrogen) atoms. The molecule has 2 aromatic carbocycles. The number of nitrogens with zero attached hydrogens (tertiary/aromatic N) is 1. The second kappa shape index (κ2) is 9.03. The fourth-order valence-corrected chi connectivity index (χ4v) is 3.79. The number of methoxy groups -OCH3 is 2. The summed E-state index contributed by atoms with van der Waals surface area (Å²) in [5, 5.41) is 11.3. The highest BCUT2D eigenvalue weighted by Gasteiger charge is 2.14. The highest BCUT2D eigenvalue weighted by molar-refractivity contribution is 7.98. The summed E-state index contributed by atoms with van der Waals surface area (Å²) in [4.78, 5) is 19.3. The highest BCUT2D eigenvalue weighted by atomic mass is 35.5. The molecular formula is C20H19ClN2O4S. The lowest BCUT2D eigenvalue weighted by atomic mass is 10.1. The second-order valence-corrected chi connectivity index (χ2v) is 7.29. The number of hydrogen-bond donors (Lipinski definition) is 2. The lowest BCUT2D eigenvalue weighted by Gasteiger charge is -2.10. The van der Waals surface area contributed by atoms with Gasteiger partial charge in [0, 0.05) is 17.2 Å². The van der Waals surface area contributed by atoms with E-state index in [-0.39, 0.29) is 23.4 Å². The van der Waals surface area contributed by atoms with Crippen LogP contribution in [0, 0.1) is 0 Å². The quantitative estimate of drug-likeness (QED) is 0.445. The summed E-state index contributed by atoms with van der Waals surface area (Å²) in [6.07, 6.45) is 0.212. The van der Waals surface area contributed by atoms with E-state index in [0.29, 0.717) is 27.4 Å². The van der Waals surface area contributed by atoms with Gasteiger partial charge in [0.1, 0.15) is 0 Å². The Morgan fingerprint density at radius 1 is 1.14 bits per heavy atom. The van der Waals surface area contributed by atoms with Gasteiger partial charge in [-0.3, -0.25) is 4.79 Å². The summed E-state index contributed by atoms with van der Waals surface area (Å²) in [6, 6.07) is 12.8. The Balaban J connectivity index is 1.79. The van der Waals surface area contributed by atoms with Crippen LogP contribution < -0.4 is 15.0 Å². The Morgan fingerprint density at radius 3 is 2.57 bits per heavy atom. The van der Waals surface area contributed by atoms with E-state index in [1.165, 1.54) is 11.8 Å². The molecule has 0 aliphatic heterocycles. The molecule has 8 heteroatoms. The molecule has 0 bridgehead atoms. The Bertz CT molecular complexity index is 1040. The molecule has 3 rings (SSSR count). The summed E-state index contributed by atoms with van der Waals surface area (Å²) in [7, 11) is 3.09. The van der Waals surface area contributed by atoms with E-state index in [2.05, 4.69) is 9.97 Å². The van der Waals surface area contributed by atoms with Gasteiger partial charge in [-0.15, -0.1) is 0 Å². The first-order valence-electron chi connectivity index (χ1n) is 8.41. The Hall–Kier alpha value is -2.64. The Morgan fingerprint density at radius 2 is 1.89 bits per heavy atom. The van der Waals surface area contributed by atoms with Gasteiger partial charge in [-0.25, -0.2) is 0 Å². The number of rotatable bonds is 7. The van der Waals surface area contributed by atoms with Gasteiger partial charge in [0.15, 0.2) is 16.7 Å². The molecule has 0 aliphatic carbocycles. The van der Waals surface area contributed by atoms with Gasteiger partial charge in [-0.1, -0.05) is 47.6 Å². The minimum atomic E-state index is -0.385. The van der Waals surface area contributed by atoms with Crippen LogP contribution in [-0.2, 0) is 12.2 Å². The SMILES string of the molecule is COc1ccc(Cc2c(O)nc(SCc3ccccc3Cl)[nH]c2=O)cc1OC. The molecule has 1 heterocycles. The maximum absolute atomic E-state index is 12.5. The van der Waals surface area contributed by atoms with Crippen LogP contribution in [0.4, 0.5) is 0 Å². The molecule has 0 atom stereocenters. The predicted molar refractivity (Wildman–Crippen MR) is 110 cm³/mol. The largest absolute Gasteiger partial charge is 0.493 e. The lowest BCUT2D eigenvalue weighted by molar-refractivity contribution is 0.354. The topological polar surface area (TPSA) is 84.4 Å². The monoisotopic (exact) mass is 418 g/mol. The third kappa shape index (κ3) is 4.61. The Kier molecular flexibility index (Phi) is 6.49. The molecule has 1 aromatic heterocycles. The van der Waals surface area contributed by atoms with Crippen molar-refractivity contribution in [3.05, 3.63) is 74.5 Å². The summed E-state index contributed by atoms with van der Waals surface area (Å²) in [5.41, 5.74) is 1.51. The van der Waals surface area contributed by atoms with Crippen LogP contribution in [0.25, 0.3) is 0 Å². The number of H-pyrrole nitrogens is 1.